The average molecular weight is 323 g/mol. The third-order valence-electron chi connectivity index (χ3n) is 4.26. The van der Waals surface area contributed by atoms with Crippen LogP contribution in [0, 0.1) is 13.8 Å². The van der Waals surface area contributed by atoms with E-state index >= 15 is 0 Å². The van der Waals surface area contributed by atoms with Crippen LogP contribution in [-0.2, 0) is 4.79 Å². The van der Waals surface area contributed by atoms with E-state index in [1.807, 2.05) is 50.2 Å². The van der Waals surface area contributed by atoms with E-state index in [4.69, 9.17) is 4.74 Å². The van der Waals surface area contributed by atoms with Gasteiger partial charge in [0, 0.05) is 6.54 Å². The zero-order valence-electron chi connectivity index (χ0n) is 14.0. The lowest BCUT2D eigenvalue weighted by Gasteiger charge is -2.18. The van der Waals surface area contributed by atoms with E-state index in [0.29, 0.717) is 18.7 Å². The van der Waals surface area contributed by atoms with Crippen molar-refractivity contribution in [3.8, 4) is 5.75 Å². The average Bonchev–Trinajstić information content (AvgIpc) is 2.82. The minimum Gasteiger partial charge on any atom is -0.494 e. The predicted octanol–water partition coefficient (Wildman–Crippen LogP) is 3.69. The van der Waals surface area contributed by atoms with Gasteiger partial charge in [0.25, 0.3) is 11.7 Å². The molecule has 0 saturated heterocycles. The van der Waals surface area contributed by atoms with Crippen LogP contribution >= 0.6 is 0 Å². The Morgan fingerprint density at radius 1 is 0.958 bits per heavy atom. The summed E-state index contributed by atoms with van der Waals surface area (Å²) in [6.45, 7) is 5.11. The fourth-order valence-electron chi connectivity index (χ4n) is 2.95. The van der Waals surface area contributed by atoms with E-state index in [1.54, 1.807) is 11.0 Å². The van der Waals surface area contributed by atoms with Gasteiger partial charge in [0.2, 0.25) is 0 Å². The first-order chi connectivity index (χ1) is 11.6. The summed E-state index contributed by atoms with van der Waals surface area (Å²) in [6, 6.07) is 13.4. The first kappa shape index (κ1) is 16.2. The van der Waals surface area contributed by atoms with Gasteiger partial charge in [-0.2, -0.15) is 0 Å². The van der Waals surface area contributed by atoms with Crippen LogP contribution in [0.15, 0.2) is 42.5 Å². The van der Waals surface area contributed by atoms with Gasteiger partial charge >= 0.3 is 0 Å². The van der Waals surface area contributed by atoms with Gasteiger partial charge in [0.05, 0.1) is 17.9 Å². The number of ketones is 1. The number of carbonyl (C=O) groups is 2. The summed E-state index contributed by atoms with van der Waals surface area (Å²) in [5.74, 6) is 0.0394. The van der Waals surface area contributed by atoms with Crippen LogP contribution in [0.2, 0.25) is 0 Å². The zero-order chi connectivity index (χ0) is 17.1. The van der Waals surface area contributed by atoms with Crippen molar-refractivity contribution >= 4 is 17.4 Å². The highest BCUT2D eigenvalue weighted by Crippen LogP contribution is 2.32. The quantitative estimate of drug-likeness (QED) is 0.601. The molecule has 124 valence electrons. The summed E-state index contributed by atoms with van der Waals surface area (Å²) < 4.78 is 5.70. The number of rotatable bonds is 6. The molecule has 4 heteroatoms. The van der Waals surface area contributed by atoms with Gasteiger partial charge < -0.3 is 9.64 Å². The number of para-hydroxylation sites is 1. The normalized spacial score (nSPS) is 13.3. The van der Waals surface area contributed by atoms with Crippen LogP contribution in [0.5, 0.6) is 5.75 Å². The molecule has 1 aliphatic heterocycles. The van der Waals surface area contributed by atoms with Gasteiger partial charge in [-0.05, 0) is 50.5 Å². The fraction of sp³-hybridized carbons (Fsp3) is 0.300. The molecule has 2 aromatic rings. The molecule has 24 heavy (non-hydrogen) atoms. The number of Topliss-reactive ketones (excluding diaryl/α,β-unsaturated/α-hetero) is 1. The van der Waals surface area contributed by atoms with Crippen LogP contribution in [0.1, 0.15) is 34.3 Å². The molecule has 1 amide bonds. The number of aryl methyl sites for hydroxylation is 2. The van der Waals surface area contributed by atoms with E-state index in [0.717, 1.165) is 29.8 Å². The second kappa shape index (κ2) is 6.87. The number of fused-ring (bicyclic) bond motifs is 1. The maximum Gasteiger partial charge on any atom is 0.299 e. The molecule has 0 saturated carbocycles. The minimum atomic E-state index is -0.418. The molecule has 1 aliphatic rings. The molecular formula is C20H21NO3. The number of hydrogen-bond acceptors (Lipinski definition) is 3. The molecule has 0 unspecified atom stereocenters. The summed E-state index contributed by atoms with van der Waals surface area (Å²) in [6.07, 6.45) is 1.62. The van der Waals surface area contributed by atoms with Gasteiger partial charge in [-0.1, -0.05) is 29.8 Å². The fourth-order valence-corrected chi connectivity index (χ4v) is 2.95. The van der Waals surface area contributed by atoms with E-state index in [1.165, 1.54) is 5.56 Å². The van der Waals surface area contributed by atoms with E-state index in [2.05, 4.69) is 0 Å². The molecule has 0 aromatic heterocycles. The highest BCUT2D eigenvalue weighted by Gasteiger charge is 2.36. The smallest absolute Gasteiger partial charge is 0.299 e. The molecule has 0 radical (unpaired) electrons. The number of unbranched alkanes of at least 4 members (excludes halogenated alkanes) is 1. The van der Waals surface area contributed by atoms with E-state index < -0.39 is 11.7 Å². The van der Waals surface area contributed by atoms with Crippen molar-refractivity contribution in [2.45, 2.75) is 26.7 Å². The molecular weight excluding hydrogens is 302 g/mol. The lowest BCUT2D eigenvalue weighted by atomic mass is 10.1. The Labute approximate surface area is 142 Å². The first-order valence-corrected chi connectivity index (χ1v) is 8.23. The molecule has 4 nitrogen and oxygen atoms in total. The molecule has 2 aromatic carbocycles. The van der Waals surface area contributed by atoms with Crippen LogP contribution < -0.4 is 9.64 Å². The first-order valence-electron chi connectivity index (χ1n) is 8.23. The Kier molecular flexibility index (Phi) is 4.65. The molecule has 0 bridgehead atoms. The van der Waals surface area contributed by atoms with Crippen molar-refractivity contribution in [1.29, 1.82) is 0 Å². The predicted molar refractivity (Wildman–Crippen MR) is 93.8 cm³/mol. The minimum absolute atomic E-state index is 0.399. The SMILES string of the molecule is Cc1ccc(OCCCCN2C(=O)C(=O)c3cccc(C)c32)cc1. The number of nitrogens with zero attached hydrogens (tertiary/aromatic N) is 1. The molecule has 0 spiro atoms. The standard InChI is InChI=1S/C20H21NO3/c1-14-8-10-16(11-9-14)24-13-4-3-12-21-18-15(2)6-5-7-17(18)19(22)20(21)23/h5-11H,3-4,12-13H2,1-2H3. The van der Waals surface area contributed by atoms with Crippen molar-refractivity contribution in [3.05, 3.63) is 59.2 Å². The third kappa shape index (κ3) is 3.18. The summed E-state index contributed by atoms with van der Waals surface area (Å²) in [5.41, 5.74) is 3.46. The molecule has 0 atom stereocenters. The summed E-state index contributed by atoms with van der Waals surface area (Å²) in [4.78, 5) is 25.8. The van der Waals surface area contributed by atoms with Crippen LogP contribution in [0.25, 0.3) is 0 Å². The molecule has 0 fully saturated rings. The van der Waals surface area contributed by atoms with Crippen molar-refractivity contribution in [3.63, 3.8) is 0 Å². The van der Waals surface area contributed by atoms with Gasteiger partial charge in [0.15, 0.2) is 0 Å². The van der Waals surface area contributed by atoms with Crippen molar-refractivity contribution < 1.29 is 14.3 Å². The number of carbonyl (C=O) groups excluding carboxylic acids is 2. The highest BCUT2D eigenvalue weighted by molar-refractivity contribution is 6.52. The second-order valence-corrected chi connectivity index (χ2v) is 6.13. The van der Waals surface area contributed by atoms with Crippen LogP contribution in [-0.4, -0.2) is 24.8 Å². The summed E-state index contributed by atoms with van der Waals surface area (Å²) in [7, 11) is 0. The lowest BCUT2D eigenvalue weighted by molar-refractivity contribution is -0.114. The largest absolute Gasteiger partial charge is 0.494 e. The van der Waals surface area contributed by atoms with Crippen molar-refractivity contribution in [2.75, 3.05) is 18.1 Å². The van der Waals surface area contributed by atoms with Gasteiger partial charge in [-0.3, -0.25) is 9.59 Å². The summed E-state index contributed by atoms with van der Waals surface area (Å²) >= 11 is 0. The molecule has 3 rings (SSSR count). The Bertz CT molecular complexity index is 765. The summed E-state index contributed by atoms with van der Waals surface area (Å²) in [5, 5.41) is 0. The Balaban J connectivity index is 1.53. The Hall–Kier alpha value is -2.62. The van der Waals surface area contributed by atoms with Crippen LogP contribution in [0.4, 0.5) is 5.69 Å². The molecule has 0 aliphatic carbocycles. The number of ether oxygens (including phenoxy) is 1. The number of hydrogen-bond donors (Lipinski definition) is 0. The molecule has 0 N–H and O–H groups in total. The number of anilines is 1. The Morgan fingerprint density at radius 3 is 2.46 bits per heavy atom. The maximum absolute atomic E-state index is 12.2. The van der Waals surface area contributed by atoms with E-state index in [9.17, 15) is 9.59 Å². The monoisotopic (exact) mass is 323 g/mol. The van der Waals surface area contributed by atoms with E-state index in [-0.39, 0.29) is 0 Å². The van der Waals surface area contributed by atoms with Gasteiger partial charge in [0.1, 0.15) is 5.75 Å². The number of benzene rings is 2. The lowest BCUT2D eigenvalue weighted by Crippen LogP contribution is -2.31. The number of amides is 1. The second-order valence-electron chi connectivity index (χ2n) is 6.13. The third-order valence-corrected chi connectivity index (χ3v) is 4.26. The van der Waals surface area contributed by atoms with Crippen molar-refractivity contribution in [1.82, 2.24) is 0 Å². The maximum atomic E-state index is 12.2. The topological polar surface area (TPSA) is 46.6 Å². The van der Waals surface area contributed by atoms with Gasteiger partial charge in [-0.15, -0.1) is 0 Å². The van der Waals surface area contributed by atoms with Crippen LogP contribution in [0.3, 0.4) is 0 Å². The van der Waals surface area contributed by atoms with Gasteiger partial charge in [-0.25, -0.2) is 0 Å². The van der Waals surface area contributed by atoms with Crippen molar-refractivity contribution in [2.24, 2.45) is 0 Å². The zero-order valence-corrected chi connectivity index (χ0v) is 14.0. The Morgan fingerprint density at radius 2 is 1.71 bits per heavy atom. The highest BCUT2D eigenvalue weighted by atomic mass is 16.5. The molecule has 1 heterocycles.